The van der Waals surface area contributed by atoms with E-state index in [1.54, 1.807) is 0 Å². The number of anilines is 1. The van der Waals surface area contributed by atoms with Gasteiger partial charge in [0, 0.05) is 12.2 Å². The van der Waals surface area contributed by atoms with Gasteiger partial charge in [-0.1, -0.05) is 0 Å². The molecule has 1 atom stereocenters. The van der Waals surface area contributed by atoms with Gasteiger partial charge in [-0.3, -0.25) is 4.79 Å². The van der Waals surface area contributed by atoms with E-state index in [0.717, 1.165) is 19.4 Å². The number of nitrogens with one attached hydrogen (secondary N) is 1. The van der Waals surface area contributed by atoms with Crippen molar-refractivity contribution in [2.24, 2.45) is 5.92 Å². The van der Waals surface area contributed by atoms with Crippen LogP contribution in [0.5, 0.6) is 0 Å². The SMILES string of the molecule is COC(=O)c1cc(NC(=O)[C@H]2CCCN(C)C2)cc(C(=O)OC)c1. The minimum Gasteiger partial charge on any atom is -0.465 e. The molecule has 7 heteroatoms. The zero-order valence-corrected chi connectivity index (χ0v) is 14.1. The van der Waals surface area contributed by atoms with Crippen LogP contribution in [0.25, 0.3) is 0 Å². The van der Waals surface area contributed by atoms with Gasteiger partial charge in [-0.15, -0.1) is 0 Å². The molecule has 1 amide bonds. The third kappa shape index (κ3) is 4.32. The lowest BCUT2D eigenvalue weighted by Gasteiger charge is -2.28. The largest absolute Gasteiger partial charge is 0.465 e. The molecule has 2 rings (SSSR count). The van der Waals surface area contributed by atoms with Gasteiger partial charge in [0.05, 0.1) is 31.3 Å². The van der Waals surface area contributed by atoms with E-state index in [1.807, 2.05) is 7.05 Å². The maximum Gasteiger partial charge on any atom is 0.337 e. The number of nitrogens with zero attached hydrogens (tertiary/aromatic N) is 1. The van der Waals surface area contributed by atoms with Gasteiger partial charge in [0.25, 0.3) is 0 Å². The van der Waals surface area contributed by atoms with Crippen molar-refractivity contribution in [1.82, 2.24) is 4.90 Å². The summed E-state index contributed by atoms with van der Waals surface area (Å²) in [6.07, 6.45) is 1.78. The van der Waals surface area contributed by atoms with E-state index < -0.39 is 11.9 Å². The Hall–Kier alpha value is -2.41. The van der Waals surface area contributed by atoms with E-state index >= 15 is 0 Å². The molecule has 1 heterocycles. The molecule has 1 aliphatic heterocycles. The first-order chi connectivity index (χ1) is 11.4. The topological polar surface area (TPSA) is 84.9 Å². The normalized spacial score (nSPS) is 17.9. The van der Waals surface area contributed by atoms with Gasteiger partial charge >= 0.3 is 11.9 Å². The highest BCUT2D eigenvalue weighted by atomic mass is 16.5. The molecule has 0 spiro atoms. The van der Waals surface area contributed by atoms with Crippen LogP contribution < -0.4 is 5.32 Å². The summed E-state index contributed by atoms with van der Waals surface area (Å²) in [7, 11) is 4.49. The van der Waals surface area contributed by atoms with E-state index in [0.29, 0.717) is 12.2 Å². The highest BCUT2D eigenvalue weighted by Crippen LogP contribution is 2.20. The van der Waals surface area contributed by atoms with Crippen LogP contribution in [-0.2, 0) is 14.3 Å². The summed E-state index contributed by atoms with van der Waals surface area (Å²) < 4.78 is 9.37. The maximum atomic E-state index is 12.4. The fourth-order valence-corrected chi connectivity index (χ4v) is 2.80. The Morgan fingerprint density at radius 1 is 1.08 bits per heavy atom. The molecule has 0 saturated carbocycles. The van der Waals surface area contributed by atoms with Crippen LogP contribution in [0, 0.1) is 5.92 Å². The molecule has 130 valence electrons. The minimum atomic E-state index is -0.589. The Morgan fingerprint density at radius 3 is 2.17 bits per heavy atom. The summed E-state index contributed by atoms with van der Waals surface area (Å²) >= 11 is 0. The number of piperidine rings is 1. The summed E-state index contributed by atoms with van der Waals surface area (Å²) in [5.41, 5.74) is 0.726. The predicted octanol–water partition coefficient (Wildman–Crippen LogP) is 1.54. The number of rotatable bonds is 4. The fourth-order valence-electron chi connectivity index (χ4n) is 2.80. The van der Waals surface area contributed by atoms with Crippen LogP contribution in [0.15, 0.2) is 18.2 Å². The van der Waals surface area contributed by atoms with Gasteiger partial charge in [-0.2, -0.15) is 0 Å². The molecule has 7 nitrogen and oxygen atoms in total. The summed E-state index contributed by atoms with van der Waals surface area (Å²) in [6.45, 7) is 1.67. The zero-order valence-electron chi connectivity index (χ0n) is 14.1. The number of carbonyl (C=O) groups is 3. The lowest BCUT2D eigenvalue weighted by molar-refractivity contribution is -0.121. The number of hydrogen-bond acceptors (Lipinski definition) is 6. The van der Waals surface area contributed by atoms with E-state index in [-0.39, 0.29) is 23.0 Å². The monoisotopic (exact) mass is 334 g/mol. The van der Waals surface area contributed by atoms with Gasteiger partial charge in [0.1, 0.15) is 0 Å². The number of benzene rings is 1. The average Bonchev–Trinajstić information content (AvgIpc) is 2.59. The molecular weight excluding hydrogens is 312 g/mol. The van der Waals surface area contributed by atoms with Gasteiger partial charge < -0.3 is 19.7 Å². The average molecular weight is 334 g/mol. The van der Waals surface area contributed by atoms with Gasteiger partial charge in [-0.25, -0.2) is 9.59 Å². The predicted molar refractivity (Wildman–Crippen MR) is 88.0 cm³/mol. The second-order valence-electron chi connectivity index (χ2n) is 5.87. The van der Waals surface area contributed by atoms with Crippen LogP contribution >= 0.6 is 0 Å². The van der Waals surface area contributed by atoms with Crippen molar-refractivity contribution >= 4 is 23.5 Å². The number of likely N-dealkylation sites (tertiary alicyclic amines) is 1. The standard InChI is InChI=1S/C17H22N2O5/c1-19-6-4-5-11(10-19)15(20)18-14-8-12(16(21)23-2)7-13(9-14)17(22)24-3/h7-9,11H,4-6,10H2,1-3H3,(H,18,20)/t11-/m0/s1. The minimum absolute atomic E-state index is 0.118. The van der Waals surface area contributed by atoms with Crippen LogP contribution in [0.1, 0.15) is 33.6 Å². The smallest absolute Gasteiger partial charge is 0.337 e. The van der Waals surface area contributed by atoms with E-state index in [4.69, 9.17) is 0 Å². The molecule has 24 heavy (non-hydrogen) atoms. The number of ether oxygens (including phenoxy) is 2. The lowest BCUT2D eigenvalue weighted by atomic mass is 9.97. The summed E-state index contributed by atoms with van der Waals surface area (Å²) in [5, 5.41) is 2.79. The second kappa shape index (κ2) is 7.92. The van der Waals surface area contributed by atoms with Gasteiger partial charge in [0.15, 0.2) is 0 Å². The van der Waals surface area contributed by atoms with Crippen molar-refractivity contribution in [3.63, 3.8) is 0 Å². The zero-order chi connectivity index (χ0) is 17.7. The molecule has 0 bridgehead atoms. The molecule has 1 saturated heterocycles. The maximum absolute atomic E-state index is 12.4. The van der Waals surface area contributed by atoms with Crippen molar-refractivity contribution < 1.29 is 23.9 Å². The summed E-state index contributed by atoms with van der Waals surface area (Å²) in [6, 6.07) is 4.35. The Labute approximate surface area is 140 Å². The number of carbonyl (C=O) groups excluding carboxylic acids is 3. The summed E-state index contributed by atoms with van der Waals surface area (Å²) in [4.78, 5) is 38.1. The first-order valence-electron chi connectivity index (χ1n) is 7.75. The number of hydrogen-bond donors (Lipinski definition) is 1. The van der Waals surface area contributed by atoms with E-state index in [9.17, 15) is 14.4 Å². The number of methoxy groups -OCH3 is 2. The highest BCUT2D eigenvalue weighted by Gasteiger charge is 2.24. The Bertz CT molecular complexity index is 610. The van der Waals surface area contributed by atoms with Crippen LogP contribution in [0.3, 0.4) is 0 Å². The third-order valence-electron chi connectivity index (χ3n) is 4.04. The molecule has 1 aromatic carbocycles. The van der Waals surface area contributed by atoms with E-state index in [1.165, 1.54) is 32.4 Å². The Balaban J connectivity index is 2.23. The van der Waals surface area contributed by atoms with Gasteiger partial charge in [0.2, 0.25) is 5.91 Å². The summed E-state index contributed by atoms with van der Waals surface area (Å²) in [5.74, 6) is -1.42. The highest BCUT2D eigenvalue weighted by molar-refractivity contribution is 6.00. The number of esters is 2. The van der Waals surface area contributed by atoms with Crippen molar-refractivity contribution in [1.29, 1.82) is 0 Å². The lowest BCUT2D eigenvalue weighted by Crippen LogP contribution is -2.38. The molecule has 0 radical (unpaired) electrons. The third-order valence-corrected chi connectivity index (χ3v) is 4.04. The number of amides is 1. The van der Waals surface area contributed by atoms with Crippen LogP contribution in [0.4, 0.5) is 5.69 Å². The second-order valence-corrected chi connectivity index (χ2v) is 5.87. The van der Waals surface area contributed by atoms with Crippen molar-refractivity contribution in [2.75, 3.05) is 39.7 Å². The van der Waals surface area contributed by atoms with Crippen molar-refractivity contribution in [3.05, 3.63) is 29.3 Å². The molecule has 0 aliphatic carbocycles. The first kappa shape index (κ1) is 17.9. The van der Waals surface area contributed by atoms with Gasteiger partial charge in [-0.05, 0) is 44.6 Å². The molecular formula is C17H22N2O5. The Morgan fingerprint density at radius 2 is 1.67 bits per heavy atom. The first-order valence-corrected chi connectivity index (χ1v) is 7.75. The fraction of sp³-hybridized carbons (Fsp3) is 0.471. The quantitative estimate of drug-likeness (QED) is 0.841. The molecule has 1 fully saturated rings. The van der Waals surface area contributed by atoms with Crippen molar-refractivity contribution in [3.8, 4) is 0 Å². The molecule has 1 N–H and O–H groups in total. The van der Waals surface area contributed by atoms with Crippen LogP contribution in [-0.4, -0.2) is 57.1 Å². The molecule has 1 aliphatic rings. The van der Waals surface area contributed by atoms with Crippen LogP contribution in [0.2, 0.25) is 0 Å². The Kier molecular flexibility index (Phi) is 5.92. The van der Waals surface area contributed by atoms with Crippen molar-refractivity contribution in [2.45, 2.75) is 12.8 Å². The molecule has 0 aromatic heterocycles. The van der Waals surface area contributed by atoms with E-state index in [2.05, 4.69) is 19.7 Å². The molecule has 0 unspecified atom stereocenters. The molecule has 1 aromatic rings.